The summed E-state index contributed by atoms with van der Waals surface area (Å²) in [5, 5.41) is 8.82. The van der Waals surface area contributed by atoms with Crippen molar-refractivity contribution in [3.63, 3.8) is 0 Å². The maximum atomic E-state index is 10.7. The maximum Gasteiger partial charge on any atom is 0.305 e. The van der Waals surface area contributed by atoms with Gasteiger partial charge < -0.3 is 19.3 Å². The quantitative estimate of drug-likeness (QED) is 0.576. The van der Waals surface area contributed by atoms with Crippen molar-refractivity contribution >= 4 is 5.97 Å². The largest absolute Gasteiger partial charge is 0.481 e. The zero-order valence-corrected chi connectivity index (χ0v) is 11.8. The number of methoxy groups -OCH3 is 1. The molecule has 18 heavy (non-hydrogen) atoms. The van der Waals surface area contributed by atoms with Gasteiger partial charge >= 0.3 is 5.97 Å². The van der Waals surface area contributed by atoms with E-state index in [1.807, 2.05) is 6.92 Å². The predicted octanol–water partition coefficient (Wildman–Crippen LogP) is 1.94. The van der Waals surface area contributed by atoms with Crippen molar-refractivity contribution < 1.29 is 24.1 Å². The standard InChI is InChI=1S/C13H26O5/c1-10(2)9-18-11(3)7-12(8-13(14)15)17-6-5-16-4/h10-12H,5-9H2,1-4H3,(H,14,15). The molecule has 0 aromatic carbocycles. The highest BCUT2D eigenvalue weighted by molar-refractivity contribution is 5.67. The van der Waals surface area contributed by atoms with Gasteiger partial charge in [-0.2, -0.15) is 0 Å². The van der Waals surface area contributed by atoms with Crippen molar-refractivity contribution in [2.24, 2.45) is 5.92 Å². The summed E-state index contributed by atoms with van der Waals surface area (Å²) in [6.07, 6.45) is 0.265. The van der Waals surface area contributed by atoms with Gasteiger partial charge in [-0.1, -0.05) is 13.8 Å². The fraction of sp³-hybridized carbons (Fsp3) is 0.923. The van der Waals surface area contributed by atoms with Crippen molar-refractivity contribution in [2.75, 3.05) is 26.9 Å². The molecular formula is C13H26O5. The van der Waals surface area contributed by atoms with Crippen LogP contribution in [0, 0.1) is 5.92 Å². The minimum Gasteiger partial charge on any atom is -0.481 e. The Morgan fingerprint density at radius 3 is 2.33 bits per heavy atom. The SMILES string of the molecule is COCCOC(CC(=O)O)CC(C)OCC(C)C. The molecule has 108 valence electrons. The zero-order chi connectivity index (χ0) is 14.0. The molecule has 5 nitrogen and oxygen atoms in total. The van der Waals surface area contributed by atoms with Crippen molar-refractivity contribution in [3.05, 3.63) is 0 Å². The molecule has 0 saturated carbocycles. The lowest BCUT2D eigenvalue weighted by atomic mass is 10.1. The first kappa shape index (κ1) is 17.4. The van der Waals surface area contributed by atoms with Crippen LogP contribution in [0.4, 0.5) is 0 Å². The van der Waals surface area contributed by atoms with Crippen molar-refractivity contribution in [3.8, 4) is 0 Å². The first-order valence-electron chi connectivity index (χ1n) is 6.39. The molecule has 0 saturated heterocycles. The average Bonchev–Trinajstić information content (AvgIpc) is 2.25. The molecule has 0 aromatic rings. The summed E-state index contributed by atoms with van der Waals surface area (Å²) in [4.78, 5) is 10.7. The number of carboxylic acid groups (broad SMARTS) is 1. The van der Waals surface area contributed by atoms with Gasteiger partial charge in [-0.25, -0.2) is 0 Å². The Morgan fingerprint density at radius 2 is 1.83 bits per heavy atom. The third kappa shape index (κ3) is 10.5. The molecule has 0 aliphatic heterocycles. The fourth-order valence-electron chi connectivity index (χ4n) is 1.50. The number of carboxylic acids is 1. The van der Waals surface area contributed by atoms with Gasteiger partial charge in [0.15, 0.2) is 0 Å². The molecule has 0 radical (unpaired) electrons. The summed E-state index contributed by atoms with van der Waals surface area (Å²) in [5.74, 6) is -0.381. The first-order chi connectivity index (χ1) is 8.45. The van der Waals surface area contributed by atoms with Crippen LogP contribution in [0.1, 0.15) is 33.6 Å². The Bertz CT molecular complexity index is 217. The van der Waals surface area contributed by atoms with E-state index >= 15 is 0 Å². The van der Waals surface area contributed by atoms with Gasteiger partial charge in [0.1, 0.15) is 0 Å². The summed E-state index contributed by atoms with van der Waals surface area (Å²) < 4.78 is 16.0. The topological polar surface area (TPSA) is 65.0 Å². The average molecular weight is 262 g/mol. The van der Waals surface area contributed by atoms with Gasteiger partial charge in [-0.05, 0) is 12.8 Å². The van der Waals surface area contributed by atoms with Crippen LogP contribution in [0.5, 0.6) is 0 Å². The number of hydrogen-bond acceptors (Lipinski definition) is 4. The molecule has 1 N–H and O–H groups in total. The van der Waals surface area contributed by atoms with E-state index in [4.69, 9.17) is 19.3 Å². The second-order valence-corrected chi connectivity index (χ2v) is 4.86. The molecule has 0 rings (SSSR count). The highest BCUT2D eigenvalue weighted by Crippen LogP contribution is 2.11. The van der Waals surface area contributed by atoms with Gasteiger partial charge in [0, 0.05) is 20.1 Å². The molecule has 0 amide bonds. The smallest absolute Gasteiger partial charge is 0.305 e. The fourth-order valence-corrected chi connectivity index (χ4v) is 1.50. The Balaban J connectivity index is 4.00. The number of carbonyl (C=O) groups is 1. The van der Waals surface area contributed by atoms with Crippen molar-refractivity contribution in [1.29, 1.82) is 0 Å². The van der Waals surface area contributed by atoms with E-state index in [1.54, 1.807) is 7.11 Å². The lowest BCUT2D eigenvalue weighted by Crippen LogP contribution is -2.26. The number of hydrogen-bond donors (Lipinski definition) is 1. The lowest BCUT2D eigenvalue weighted by molar-refractivity contribution is -0.141. The van der Waals surface area contributed by atoms with Gasteiger partial charge in [0.25, 0.3) is 0 Å². The van der Waals surface area contributed by atoms with Crippen LogP contribution in [-0.4, -0.2) is 50.2 Å². The monoisotopic (exact) mass is 262 g/mol. The lowest BCUT2D eigenvalue weighted by Gasteiger charge is -2.21. The summed E-state index contributed by atoms with van der Waals surface area (Å²) >= 11 is 0. The summed E-state index contributed by atoms with van der Waals surface area (Å²) in [6, 6.07) is 0. The first-order valence-corrected chi connectivity index (χ1v) is 6.39. The van der Waals surface area contributed by atoms with E-state index in [2.05, 4.69) is 13.8 Å². The highest BCUT2D eigenvalue weighted by Gasteiger charge is 2.18. The summed E-state index contributed by atoms with van der Waals surface area (Å²) in [6.45, 7) is 7.66. The molecule has 0 heterocycles. The van der Waals surface area contributed by atoms with Gasteiger partial charge in [0.05, 0.1) is 31.8 Å². The van der Waals surface area contributed by atoms with E-state index < -0.39 is 5.97 Å². The van der Waals surface area contributed by atoms with Crippen molar-refractivity contribution in [2.45, 2.75) is 45.8 Å². The van der Waals surface area contributed by atoms with Crippen LogP contribution in [0.25, 0.3) is 0 Å². The molecule has 5 heteroatoms. The van der Waals surface area contributed by atoms with E-state index in [-0.39, 0.29) is 18.6 Å². The van der Waals surface area contributed by atoms with Crippen molar-refractivity contribution in [1.82, 2.24) is 0 Å². The molecule has 0 aliphatic carbocycles. The van der Waals surface area contributed by atoms with Gasteiger partial charge in [0.2, 0.25) is 0 Å². The molecule has 2 unspecified atom stereocenters. The summed E-state index contributed by atoms with van der Waals surface area (Å²) in [5.41, 5.74) is 0. The van der Waals surface area contributed by atoms with Crippen LogP contribution >= 0.6 is 0 Å². The van der Waals surface area contributed by atoms with Crippen LogP contribution in [0.2, 0.25) is 0 Å². The van der Waals surface area contributed by atoms with E-state index in [0.717, 1.165) is 0 Å². The number of rotatable bonds is 11. The number of ether oxygens (including phenoxy) is 3. The second-order valence-electron chi connectivity index (χ2n) is 4.86. The van der Waals surface area contributed by atoms with Crippen LogP contribution in [0.15, 0.2) is 0 Å². The van der Waals surface area contributed by atoms with E-state index in [0.29, 0.717) is 32.2 Å². The Kier molecular flexibility index (Phi) is 9.92. The molecule has 0 bridgehead atoms. The molecule has 0 aromatic heterocycles. The Labute approximate surface area is 109 Å². The van der Waals surface area contributed by atoms with Crippen LogP contribution in [-0.2, 0) is 19.0 Å². The maximum absolute atomic E-state index is 10.7. The molecule has 0 spiro atoms. The number of aliphatic carboxylic acids is 1. The third-order valence-corrected chi connectivity index (χ3v) is 2.35. The van der Waals surface area contributed by atoms with Crippen LogP contribution in [0.3, 0.4) is 0 Å². The van der Waals surface area contributed by atoms with Gasteiger partial charge in [-0.15, -0.1) is 0 Å². The molecule has 2 atom stereocenters. The third-order valence-electron chi connectivity index (χ3n) is 2.35. The minimum absolute atomic E-state index is 0.000653. The van der Waals surface area contributed by atoms with E-state index in [1.165, 1.54) is 0 Å². The molecular weight excluding hydrogens is 236 g/mol. The van der Waals surface area contributed by atoms with Crippen LogP contribution < -0.4 is 0 Å². The van der Waals surface area contributed by atoms with Gasteiger partial charge in [-0.3, -0.25) is 4.79 Å². The minimum atomic E-state index is -0.853. The highest BCUT2D eigenvalue weighted by atomic mass is 16.5. The predicted molar refractivity (Wildman–Crippen MR) is 68.7 cm³/mol. The zero-order valence-electron chi connectivity index (χ0n) is 11.8. The van der Waals surface area contributed by atoms with E-state index in [9.17, 15) is 4.79 Å². The Hall–Kier alpha value is -0.650. The summed E-state index contributed by atoms with van der Waals surface area (Å²) in [7, 11) is 1.59. The second kappa shape index (κ2) is 10.3. The Morgan fingerprint density at radius 1 is 1.17 bits per heavy atom. The molecule has 0 aliphatic rings. The molecule has 0 fully saturated rings. The normalized spacial score (nSPS) is 14.7.